The van der Waals surface area contributed by atoms with Gasteiger partial charge in [0.2, 0.25) is 0 Å². The van der Waals surface area contributed by atoms with Crippen LogP contribution in [-0.2, 0) is 26.3 Å². The molecule has 2 N–H and O–H groups in total. The van der Waals surface area contributed by atoms with E-state index in [2.05, 4.69) is 5.32 Å². The van der Waals surface area contributed by atoms with Gasteiger partial charge in [-0.05, 0) is 13.8 Å². The molecule has 0 spiro atoms. The molecule has 13 heteroatoms. The minimum atomic E-state index is -1.50. The van der Waals surface area contributed by atoms with Crippen molar-refractivity contribution in [2.45, 2.75) is 57.1 Å². The quantitative estimate of drug-likeness (QED) is 0.480. The maximum absolute atomic E-state index is 8.36. The number of rotatable bonds is 2. The van der Waals surface area contributed by atoms with Gasteiger partial charge in [-0.25, -0.2) is 0 Å². The van der Waals surface area contributed by atoms with Crippen LogP contribution in [0.3, 0.4) is 0 Å². The van der Waals surface area contributed by atoms with Gasteiger partial charge in [0.25, 0.3) is 10.2 Å². The molecule has 0 aliphatic carbocycles. The first-order valence-corrected chi connectivity index (χ1v) is 8.35. The molecule has 1 radical (unpaired) electrons. The van der Waals surface area contributed by atoms with E-state index in [1.54, 1.807) is 0 Å². The van der Waals surface area contributed by atoms with Crippen molar-refractivity contribution < 1.29 is 46.8 Å². The van der Waals surface area contributed by atoms with Gasteiger partial charge in [-0.3, -0.25) is 0 Å². The molecular weight excluding hydrogens is 423 g/mol. The minimum Gasteiger partial charge on any atom is -0.682 e. The Morgan fingerprint density at radius 2 is 1.79 bits per heavy atom. The molecular formula is C15H24CoN4O8. The maximum atomic E-state index is 8.36. The number of hydrogen-bond donors (Lipinski definition) is 2. The van der Waals surface area contributed by atoms with Gasteiger partial charge in [-0.15, -0.1) is 51.1 Å². The van der Waals surface area contributed by atoms with E-state index in [9.17, 15) is 0 Å². The largest absolute Gasteiger partial charge is 2.00 e. The molecule has 0 aromatic rings. The third-order valence-electron chi connectivity index (χ3n) is 3.85. The molecule has 0 aromatic carbocycles. The molecule has 12 nitrogen and oxygen atoms in total. The van der Waals surface area contributed by atoms with Gasteiger partial charge in [-0.1, -0.05) is 31.4 Å². The Morgan fingerprint density at radius 3 is 2.25 bits per heavy atom. The second kappa shape index (κ2) is 12.5. The predicted molar refractivity (Wildman–Crippen MR) is 92.7 cm³/mol. The van der Waals surface area contributed by atoms with Crippen molar-refractivity contribution in [1.82, 2.24) is 0 Å². The van der Waals surface area contributed by atoms with Crippen molar-refractivity contribution >= 4 is 0 Å². The van der Waals surface area contributed by atoms with Crippen molar-refractivity contribution in [3.05, 3.63) is 54.8 Å². The molecule has 161 valence electrons. The topological polar surface area (TPSA) is 173 Å². The van der Waals surface area contributed by atoms with E-state index in [0.29, 0.717) is 0 Å². The average molecular weight is 447 g/mol. The molecule has 2 saturated heterocycles. The van der Waals surface area contributed by atoms with Crippen LogP contribution in [0.2, 0.25) is 0 Å². The minimum absolute atomic E-state index is 0. The van der Waals surface area contributed by atoms with E-state index in [1.807, 2.05) is 32.1 Å². The number of allylic oxidation sites excluding steroid dienone is 2. The van der Waals surface area contributed by atoms with Crippen LogP contribution in [0.15, 0.2) is 23.9 Å². The summed E-state index contributed by atoms with van der Waals surface area (Å²) < 4.78 is 12.2. The summed E-state index contributed by atoms with van der Waals surface area (Å²) in [6, 6.07) is 0.252. The van der Waals surface area contributed by atoms with Gasteiger partial charge in [0.1, 0.15) is 0 Å². The first-order chi connectivity index (χ1) is 12.6. The molecule has 2 fully saturated rings. The van der Waals surface area contributed by atoms with E-state index < -0.39 is 16.0 Å². The third-order valence-corrected chi connectivity index (χ3v) is 3.85. The summed E-state index contributed by atoms with van der Waals surface area (Å²) in [4.78, 5) is 16.7. The number of piperidine rings is 1. The predicted octanol–water partition coefficient (Wildman–Crippen LogP) is 2.56. The van der Waals surface area contributed by atoms with E-state index in [4.69, 9.17) is 45.4 Å². The van der Waals surface area contributed by atoms with E-state index >= 15 is 0 Å². The van der Waals surface area contributed by atoms with Crippen LogP contribution in [-0.4, -0.2) is 57.7 Å². The van der Waals surface area contributed by atoms with Gasteiger partial charge in [-0.2, -0.15) is 0 Å². The smallest absolute Gasteiger partial charge is 0.682 e. The normalized spacial score (nSPS) is 27.4. The first kappa shape index (κ1) is 26.1. The summed E-state index contributed by atoms with van der Waals surface area (Å²) in [5, 5.41) is 36.6. The molecule has 28 heavy (non-hydrogen) atoms. The fraction of sp³-hybridized carbons (Fsp3) is 0.733. The molecule has 3 aliphatic rings. The Kier molecular flexibility index (Phi) is 11.6. The average Bonchev–Trinajstić information content (AvgIpc) is 2.91. The number of nitrogens with zero attached hydrogens (tertiary/aromatic N) is 4. The zero-order chi connectivity index (χ0) is 20.4. The maximum Gasteiger partial charge on any atom is 2.00 e. The molecule has 3 unspecified atom stereocenters. The second-order valence-corrected chi connectivity index (χ2v) is 6.33. The molecule has 0 aromatic heterocycles. The van der Waals surface area contributed by atoms with Crippen LogP contribution in [0, 0.1) is 20.2 Å². The van der Waals surface area contributed by atoms with Gasteiger partial charge in [0.05, 0.1) is 12.2 Å². The molecule has 3 rings (SSSR count). The molecule has 0 saturated carbocycles. The van der Waals surface area contributed by atoms with E-state index in [0.717, 1.165) is 25.2 Å². The van der Waals surface area contributed by atoms with Gasteiger partial charge in [0.15, 0.2) is 5.79 Å². The van der Waals surface area contributed by atoms with E-state index in [1.165, 1.54) is 12.8 Å². The summed E-state index contributed by atoms with van der Waals surface area (Å²) in [7, 11) is 0. The standard InChI is InChI=1S/C15H22N2O2.Co.2HNO3/c1-15(2)18-13(11-7-3-5-9-16-11)14(19-15)12-8-4-6-10-17-12;;2*2-1(3)4/h3,5,7,12-14H,4,6,8-10H2,1-2H3;;2*(H,2,3,4)/q-2;+2;;. The number of ether oxygens (including phenoxy) is 2. The molecule has 3 aliphatic heterocycles. The first-order valence-electron chi connectivity index (χ1n) is 8.35. The van der Waals surface area contributed by atoms with Gasteiger partial charge < -0.3 is 30.5 Å². The Labute approximate surface area is 172 Å². The summed E-state index contributed by atoms with van der Waals surface area (Å²) >= 11 is 0. The zero-order valence-electron chi connectivity index (χ0n) is 15.5. The fourth-order valence-electron chi connectivity index (χ4n) is 3.00. The van der Waals surface area contributed by atoms with Crippen molar-refractivity contribution in [3.63, 3.8) is 0 Å². The molecule has 3 heterocycles. The van der Waals surface area contributed by atoms with Crippen LogP contribution < -0.4 is 0 Å². The van der Waals surface area contributed by atoms with Crippen LogP contribution >= 0.6 is 0 Å². The summed E-state index contributed by atoms with van der Waals surface area (Å²) in [6.45, 7) is 5.64. The van der Waals surface area contributed by atoms with Crippen LogP contribution in [0.25, 0.3) is 10.6 Å². The van der Waals surface area contributed by atoms with Crippen molar-refractivity contribution in [2.75, 3.05) is 13.1 Å². The van der Waals surface area contributed by atoms with Gasteiger partial charge >= 0.3 is 16.8 Å². The van der Waals surface area contributed by atoms with Crippen molar-refractivity contribution in [1.29, 1.82) is 0 Å². The van der Waals surface area contributed by atoms with Crippen LogP contribution in [0.5, 0.6) is 0 Å². The fourth-order valence-corrected chi connectivity index (χ4v) is 3.00. The summed E-state index contributed by atoms with van der Waals surface area (Å²) in [5.41, 5.74) is 0.999. The summed E-state index contributed by atoms with van der Waals surface area (Å²) in [5.74, 6) is -0.542. The zero-order valence-corrected chi connectivity index (χ0v) is 16.5. The Hall–Kier alpha value is -1.93. The summed E-state index contributed by atoms with van der Waals surface area (Å²) in [6.07, 6.45) is 9.60. The number of hydrogen-bond acceptors (Lipinski definition) is 6. The third kappa shape index (κ3) is 9.84. The molecule has 3 atom stereocenters. The van der Waals surface area contributed by atoms with E-state index in [-0.39, 0.29) is 35.0 Å². The second-order valence-electron chi connectivity index (χ2n) is 6.33. The van der Waals surface area contributed by atoms with Crippen LogP contribution in [0.4, 0.5) is 0 Å². The Bertz CT molecular complexity index is 546. The monoisotopic (exact) mass is 447 g/mol. The van der Waals surface area contributed by atoms with Crippen LogP contribution in [0.1, 0.15) is 33.1 Å². The Morgan fingerprint density at radius 1 is 1.18 bits per heavy atom. The van der Waals surface area contributed by atoms with Gasteiger partial charge in [0, 0.05) is 0 Å². The molecule has 0 amide bonds. The van der Waals surface area contributed by atoms with Crippen molar-refractivity contribution in [2.24, 2.45) is 0 Å². The molecule has 0 bridgehead atoms. The van der Waals surface area contributed by atoms with Crippen molar-refractivity contribution in [3.8, 4) is 0 Å². The SMILES string of the molecule is CC1(C)OC(C2=CC=CC[N-]2)C(C2CCCC[N-]2)O1.O=[N+]([O-])O.O=[N+]([O-])O.[Co+2]. The Balaban J connectivity index is 0.000000697.